The summed E-state index contributed by atoms with van der Waals surface area (Å²) >= 11 is 5.89. The van der Waals surface area contributed by atoms with Gasteiger partial charge in [-0.25, -0.2) is 4.79 Å². The Labute approximate surface area is 169 Å². The maximum absolute atomic E-state index is 12.9. The smallest absolute Gasteiger partial charge is 0.416 e. The van der Waals surface area contributed by atoms with Gasteiger partial charge in [0.1, 0.15) is 12.3 Å². The lowest BCUT2D eigenvalue weighted by molar-refractivity contribution is -0.137. The molecule has 0 bridgehead atoms. The van der Waals surface area contributed by atoms with Crippen molar-refractivity contribution in [3.63, 3.8) is 0 Å². The van der Waals surface area contributed by atoms with Crippen molar-refractivity contribution in [3.05, 3.63) is 53.1 Å². The molecule has 1 fully saturated rings. The maximum Gasteiger partial charge on any atom is 0.416 e. The van der Waals surface area contributed by atoms with Gasteiger partial charge in [-0.15, -0.1) is 0 Å². The number of nitrogens with one attached hydrogen (secondary N) is 1. The number of alkyl halides is 3. The minimum Gasteiger partial charge on any atom is -0.495 e. The van der Waals surface area contributed by atoms with E-state index in [0.29, 0.717) is 18.0 Å². The average molecular weight is 428 g/mol. The Bertz CT molecular complexity index is 936. The van der Waals surface area contributed by atoms with Crippen LogP contribution in [0, 0.1) is 0 Å². The number of carbonyl (C=O) groups is 2. The molecular formula is C19H17ClF3N3O3. The van der Waals surface area contributed by atoms with E-state index in [4.69, 9.17) is 16.3 Å². The van der Waals surface area contributed by atoms with Gasteiger partial charge in [0.15, 0.2) is 0 Å². The monoisotopic (exact) mass is 427 g/mol. The number of nitrogens with zero attached hydrogens (tertiary/aromatic N) is 2. The van der Waals surface area contributed by atoms with Gasteiger partial charge in [0, 0.05) is 13.1 Å². The summed E-state index contributed by atoms with van der Waals surface area (Å²) in [5.74, 6) is -0.135. The number of rotatable bonds is 5. The fourth-order valence-corrected chi connectivity index (χ4v) is 3.13. The first-order valence-electron chi connectivity index (χ1n) is 8.56. The van der Waals surface area contributed by atoms with Crippen LogP contribution in [0.5, 0.6) is 5.75 Å². The van der Waals surface area contributed by atoms with E-state index in [1.807, 2.05) is 0 Å². The number of hydrogen-bond acceptors (Lipinski definition) is 3. The van der Waals surface area contributed by atoms with Crippen LogP contribution in [0.2, 0.25) is 5.02 Å². The van der Waals surface area contributed by atoms with Crippen molar-refractivity contribution >= 4 is 34.9 Å². The van der Waals surface area contributed by atoms with Crippen molar-refractivity contribution in [1.29, 1.82) is 0 Å². The summed E-state index contributed by atoms with van der Waals surface area (Å²) in [6.45, 7) is 0.300. The molecule has 0 radical (unpaired) electrons. The summed E-state index contributed by atoms with van der Waals surface area (Å²) in [6.07, 6.45) is -4.57. The fraction of sp³-hybridized carbons (Fsp3) is 0.263. The highest BCUT2D eigenvalue weighted by molar-refractivity contribution is 6.33. The van der Waals surface area contributed by atoms with Crippen molar-refractivity contribution in [2.24, 2.45) is 0 Å². The largest absolute Gasteiger partial charge is 0.495 e. The third-order valence-electron chi connectivity index (χ3n) is 4.37. The SMILES string of the molecule is COc1ccccc1N1CCN(CC(=O)Nc2cc(C(F)(F)F)ccc2Cl)C1=O. The first-order chi connectivity index (χ1) is 13.7. The fourth-order valence-electron chi connectivity index (χ4n) is 2.97. The number of hydrogen-bond donors (Lipinski definition) is 1. The molecule has 0 spiro atoms. The van der Waals surface area contributed by atoms with E-state index < -0.39 is 23.7 Å². The predicted octanol–water partition coefficient (Wildman–Crippen LogP) is 4.25. The third kappa shape index (κ3) is 4.56. The lowest BCUT2D eigenvalue weighted by Gasteiger charge is -2.20. The number of para-hydroxylation sites is 2. The molecule has 0 unspecified atom stereocenters. The second kappa shape index (κ2) is 8.20. The summed E-state index contributed by atoms with van der Waals surface area (Å²) in [5, 5.41) is 2.31. The number of ether oxygens (including phenoxy) is 1. The quantitative estimate of drug-likeness (QED) is 0.776. The number of urea groups is 1. The molecule has 3 rings (SSSR count). The second-order valence-electron chi connectivity index (χ2n) is 6.27. The Morgan fingerprint density at radius 3 is 2.62 bits per heavy atom. The molecule has 0 saturated carbocycles. The van der Waals surface area contributed by atoms with Gasteiger partial charge >= 0.3 is 12.2 Å². The van der Waals surface area contributed by atoms with Gasteiger partial charge in [0.2, 0.25) is 5.91 Å². The van der Waals surface area contributed by atoms with E-state index in [-0.39, 0.29) is 23.8 Å². The molecule has 29 heavy (non-hydrogen) atoms. The first kappa shape index (κ1) is 20.8. The van der Waals surface area contributed by atoms with Gasteiger partial charge in [-0.2, -0.15) is 13.2 Å². The van der Waals surface area contributed by atoms with Crippen LogP contribution < -0.4 is 15.0 Å². The first-order valence-corrected chi connectivity index (χ1v) is 8.94. The van der Waals surface area contributed by atoms with Crippen molar-refractivity contribution in [3.8, 4) is 5.75 Å². The number of methoxy groups -OCH3 is 1. The molecule has 154 valence electrons. The molecule has 0 aromatic heterocycles. The van der Waals surface area contributed by atoms with Crippen molar-refractivity contribution in [1.82, 2.24) is 4.90 Å². The summed E-state index contributed by atoms with van der Waals surface area (Å²) in [6, 6.07) is 9.21. The minimum atomic E-state index is -4.57. The number of amides is 3. The molecule has 1 aliphatic heterocycles. The summed E-state index contributed by atoms with van der Waals surface area (Å²) in [5.41, 5.74) is -0.527. The van der Waals surface area contributed by atoms with Crippen LogP contribution in [0.3, 0.4) is 0 Å². The molecule has 1 heterocycles. The average Bonchev–Trinajstić information content (AvgIpc) is 3.02. The van der Waals surface area contributed by atoms with Crippen molar-refractivity contribution < 1.29 is 27.5 Å². The van der Waals surface area contributed by atoms with Gasteiger partial charge in [-0.3, -0.25) is 9.69 Å². The lowest BCUT2D eigenvalue weighted by atomic mass is 10.2. The van der Waals surface area contributed by atoms with Crippen LogP contribution in [0.15, 0.2) is 42.5 Å². The highest BCUT2D eigenvalue weighted by Crippen LogP contribution is 2.34. The van der Waals surface area contributed by atoms with Gasteiger partial charge < -0.3 is 15.0 Å². The van der Waals surface area contributed by atoms with Crippen molar-refractivity contribution in [2.45, 2.75) is 6.18 Å². The number of anilines is 2. The van der Waals surface area contributed by atoms with Crippen LogP contribution in [-0.4, -0.2) is 43.6 Å². The van der Waals surface area contributed by atoms with Crippen LogP contribution in [0.1, 0.15) is 5.56 Å². The molecule has 0 atom stereocenters. The van der Waals surface area contributed by atoms with Gasteiger partial charge in [0.05, 0.1) is 29.1 Å². The van der Waals surface area contributed by atoms with Gasteiger partial charge in [-0.1, -0.05) is 23.7 Å². The molecule has 1 aliphatic rings. The molecule has 1 saturated heterocycles. The Kier molecular flexibility index (Phi) is 5.88. The van der Waals surface area contributed by atoms with E-state index in [9.17, 15) is 22.8 Å². The van der Waals surface area contributed by atoms with E-state index in [1.165, 1.54) is 16.9 Å². The van der Waals surface area contributed by atoms with E-state index in [1.54, 1.807) is 24.3 Å². The summed E-state index contributed by atoms with van der Waals surface area (Å²) < 4.78 is 43.8. The third-order valence-corrected chi connectivity index (χ3v) is 4.70. The van der Waals surface area contributed by atoms with Crippen LogP contribution in [0.25, 0.3) is 0 Å². The van der Waals surface area contributed by atoms with E-state index >= 15 is 0 Å². The number of benzene rings is 2. The molecule has 2 aromatic carbocycles. The molecule has 6 nitrogen and oxygen atoms in total. The standard InChI is InChI=1S/C19H17ClF3N3O3/c1-29-16-5-3-2-4-15(16)26-9-8-25(18(26)28)11-17(27)24-14-10-12(19(21,22)23)6-7-13(14)20/h2-7,10H,8-9,11H2,1H3,(H,24,27). The zero-order valence-electron chi connectivity index (χ0n) is 15.3. The molecular weight excluding hydrogens is 411 g/mol. The normalized spacial score (nSPS) is 14.3. The lowest BCUT2D eigenvalue weighted by Crippen LogP contribution is -2.37. The Hall–Kier alpha value is -2.94. The van der Waals surface area contributed by atoms with Crippen LogP contribution >= 0.6 is 11.6 Å². The van der Waals surface area contributed by atoms with Crippen LogP contribution in [0.4, 0.5) is 29.3 Å². The predicted molar refractivity (Wildman–Crippen MR) is 102 cm³/mol. The Balaban J connectivity index is 1.69. The summed E-state index contributed by atoms with van der Waals surface area (Å²) in [4.78, 5) is 27.7. The molecule has 2 aromatic rings. The van der Waals surface area contributed by atoms with E-state index in [2.05, 4.69) is 5.32 Å². The van der Waals surface area contributed by atoms with Gasteiger partial charge in [0.25, 0.3) is 0 Å². The molecule has 3 amide bonds. The van der Waals surface area contributed by atoms with Crippen LogP contribution in [-0.2, 0) is 11.0 Å². The van der Waals surface area contributed by atoms with E-state index in [0.717, 1.165) is 18.2 Å². The Morgan fingerprint density at radius 2 is 1.93 bits per heavy atom. The Morgan fingerprint density at radius 1 is 1.21 bits per heavy atom. The number of carbonyl (C=O) groups excluding carboxylic acids is 2. The second-order valence-corrected chi connectivity index (χ2v) is 6.68. The zero-order chi connectivity index (χ0) is 21.2. The topological polar surface area (TPSA) is 61.9 Å². The number of halogens is 4. The minimum absolute atomic E-state index is 0.0326. The molecule has 0 aliphatic carbocycles. The zero-order valence-corrected chi connectivity index (χ0v) is 16.0. The van der Waals surface area contributed by atoms with Gasteiger partial charge in [-0.05, 0) is 30.3 Å². The molecule has 1 N–H and O–H groups in total. The molecule has 10 heteroatoms. The highest BCUT2D eigenvalue weighted by Gasteiger charge is 2.33. The summed E-state index contributed by atoms with van der Waals surface area (Å²) in [7, 11) is 1.49. The maximum atomic E-state index is 12.9. The van der Waals surface area contributed by atoms with Crippen molar-refractivity contribution in [2.75, 3.05) is 37.0 Å². The highest BCUT2D eigenvalue weighted by atomic mass is 35.5.